The Labute approximate surface area is 161 Å². The summed E-state index contributed by atoms with van der Waals surface area (Å²) in [6, 6.07) is 8.53. The molecule has 0 radical (unpaired) electrons. The molecule has 2 heterocycles. The van der Waals surface area contributed by atoms with E-state index in [-0.39, 0.29) is 29.1 Å². The molecule has 1 aromatic carbocycles. The van der Waals surface area contributed by atoms with E-state index in [1.165, 1.54) is 0 Å². The van der Waals surface area contributed by atoms with E-state index in [9.17, 15) is 23.7 Å². The number of carboxylic acids is 1. The van der Waals surface area contributed by atoms with Crippen LogP contribution in [0, 0.1) is 0 Å². The van der Waals surface area contributed by atoms with E-state index < -0.39 is 34.1 Å². The van der Waals surface area contributed by atoms with Crippen LogP contribution in [0.3, 0.4) is 0 Å². The van der Waals surface area contributed by atoms with Gasteiger partial charge in [-0.25, -0.2) is 4.79 Å². The average Bonchev–Trinajstić information content (AvgIpc) is 2.64. The highest BCUT2D eigenvalue weighted by Gasteiger charge is 2.56. The van der Waals surface area contributed by atoms with Gasteiger partial charge in [-0.1, -0.05) is 46.3 Å². The Morgan fingerprint density at radius 2 is 2.00 bits per heavy atom. The van der Waals surface area contributed by atoms with Crippen LogP contribution in [0.4, 0.5) is 0 Å². The number of amides is 2. The topological polar surface area (TPSA) is 104 Å². The summed E-state index contributed by atoms with van der Waals surface area (Å²) in [6.07, 6.45) is 0.723. The van der Waals surface area contributed by atoms with E-state index >= 15 is 0 Å². The second-order valence-corrected chi connectivity index (χ2v) is 8.14. The van der Waals surface area contributed by atoms with Crippen molar-refractivity contribution >= 4 is 44.5 Å². The summed E-state index contributed by atoms with van der Waals surface area (Å²) in [6.45, 7) is 0. The maximum absolute atomic E-state index is 12.4. The number of rotatable bonds is 6. The molecule has 3 rings (SSSR count). The van der Waals surface area contributed by atoms with E-state index in [2.05, 4.69) is 21.2 Å². The van der Waals surface area contributed by atoms with E-state index in [0.717, 1.165) is 10.5 Å². The number of nitrogens with zero attached hydrogens (tertiary/aromatic N) is 1. The lowest BCUT2D eigenvalue weighted by atomic mass is 10.0. The predicted molar refractivity (Wildman–Crippen MR) is 98.8 cm³/mol. The van der Waals surface area contributed by atoms with Crippen LogP contribution in [0.1, 0.15) is 12.0 Å². The molecule has 7 nitrogen and oxygen atoms in total. The quantitative estimate of drug-likeness (QED) is 0.502. The van der Waals surface area contributed by atoms with Crippen molar-refractivity contribution in [2.75, 3.05) is 11.1 Å². The zero-order chi connectivity index (χ0) is 18.8. The zero-order valence-electron chi connectivity index (χ0n) is 13.7. The fourth-order valence-corrected chi connectivity index (χ4v) is 5.52. The van der Waals surface area contributed by atoms with Crippen molar-refractivity contribution in [2.45, 2.75) is 24.3 Å². The highest BCUT2D eigenvalue weighted by Crippen LogP contribution is 2.35. The summed E-state index contributed by atoms with van der Waals surface area (Å²) in [4.78, 5) is 37.1. The minimum atomic E-state index is -1.46. The largest absolute Gasteiger partial charge is 0.477 e. The molecular formula is C17H17BrN2O5S. The van der Waals surface area contributed by atoms with Gasteiger partial charge in [0, 0.05) is 11.8 Å². The van der Waals surface area contributed by atoms with Crippen LogP contribution in [0.25, 0.3) is 0 Å². The van der Waals surface area contributed by atoms with Gasteiger partial charge in [0.15, 0.2) is 0 Å². The summed E-state index contributed by atoms with van der Waals surface area (Å²) in [7, 11) is -1.46. The number of hydrogen-bond acceptors (Lipinski definition) is 4. The van der Waals surface area contributed by atoms with Gasteiger partial charge in [0.2, 0.25) is 5.91 Å². The van der Waals surface area contributed by atoms with Crippen LogP contribution in [0.15, 0.2) is 41.6 Å². The highest BCUT2D eigenvalue weighted by molar-refractivity contribution is 9.09. The number of benzene rings is 1. The standard InChI is InChI=1S/C17H17BrN2O5S/c18-8-11-9-26(25)16-13(15(22)20(16)14(11)17(23)24)19-12(21)7-6-10-4-2-1-3-5-10/h1-5,13,16H,6-9H2,(H,19,21)(H,23,24)/t13-,16-,26+/m1/s1. The summed E-state index contributed by atoms with van der Waals surface area (Å²) >= 11 is 3.17. The number of β-lactam (4-membered cyclic amide) rings is 1. The van der Waals surface area contributed by atoms with Crippen LogP contribution in [-0.4, -0.2) is 54.5 Å². The van der Waals surface area contributed by atoms with Crippen molar-refractivity contribution < 1.29 is 23.7 Å². The van der Waals surface area contributed by atoms with Crippen molar-refractivity contribution in [3.8, 4) is 0 Å². The Bertz CT molecular complexity index is 811. The van der Waals surface area contributed by atoms with Gasteiger partial charge >= 0.3 is 5.97 Å². The van der Waals surface area contributed by atoms with Gasteiger partial charge in [-0.3, -0.25) is 18.7 Å². The van der Waals surface area contributed by atoms with Gasteiger partial charge in [0.05, 0.1) is 16.6 Å². The molecule has 26 heavy (non-hydrogen) atoms. The fraction of sp³-hybridized carbons (Fsp3) is 0.353. The molecule has 1 saturated heterocycles. The number of aliphatic carboxylic acids is 1. The molecule has 0 spiro atoms. The number of carbonyl (C=O) groups is 3. The number of carbonyl (C=O) groups excluding carboxylic acids is 2. The van der Waals surface area contributed by atoms with E-state index in [1.807, 2.05) is 30.3 Å². The lowest BCUT2D eigenvalue weighted by molar-refractivity contribution is -0.150. The lowest BCUT2D eigenvalue weighted by Gasteiger charge is -2.49. The number of aryl methyl sites for hydroxylation is 1. The van der Waals surface area contributed by atoms with E-state index in [1.54, 1.807) is 0 Å². The third kappa shape index (κ3) is 3.45. The maximum atomic E-state index is 12.4. The predicted octanol–water partition coefficient (Wildman–Crippen LogP) is 0.768. The maximum Gasteiger partial charge on any atom is 0.352 e. The van der Waals surface area contributed by atoms with Crippen LogP contribution < -0.4 is 5.32 Å². The molecule has 0 unspecified atom stereocenters. The minimum Gasteiger partial charge on any atom is -0.477 e. The third-order valence-electron chi connectivity index (χ3n) is 4.37. The molecule has 2 aliphatic heterocycles. The first kappa shape index (κ1) is 18.8. The van der Waals surface area contributed by atoms with Crippen molar-refractivity contribution in [3.05, 3.63) is 47.2 Å². The lowest BCUT2D eigenvalue weighted by Crippen LogP contribution is -2.73. The third-order valence-corrected chi connectivity index (χ3v) is 6.70. The molecule has 0 aromatic heterocycles. The molecule has 9 heteroatoms. The van der Waals surface area contributed by atoms with Gasteiger partial charge in [0.25, 0.3) is 5.91 Å². The van der Waals surface area contributed by atoms with Gasteiger partial charge in [0.1, 0.15) is 17.1 Å². The molecule has 2 aliphatic rings. The minimum absolute atomic E-state index is 0.0672. The summed E-state index contributed by atoms with van der Waals surface area (Å²) in [5.74, 6) is -2.02. The van der Waals surface area contributed by atoms with Crippen molar-refractivity contribution in [1.82, 2.24) is 10.2 Å². The van der Waals surface area contributed by atoms with Crippen molar-refractivity contribution in [3.63, 3.8) is 0 Å². The monoisotopic (exact) mass is 440 g/mol. The second kappa shape index (κ2) is 7.71. The van der Waals surface area contributed by atoms with Crippen molar-refractivity contribution in [1.29, 1.82) is 0 Å². The van der Waals surface area contributed by atoms with Gasteiger partial charge in [-0.2, -0.15) is 0 Å². The molecule has 3 atom stereocenters. The SMILES string of the molecule is O=C(CCc1ccccc1)N[C@@H]1C(=O)N2C(C(=O)O)=C(CBr)C[S@](=O)[C@H]12. The summed E-state index contributed by atoms with van der Waals surface area (Å²) in [5, 5.41) is 11.4. The Balaban J connectivity index is 1.67. The Morgan fingerprint density at radius 3 is 2.62 bits per heavy atom. The van der Waals surface area contributed by atoms with Crippen molar-refractivity contribution in [2.24, 2.45) is 0 Å². The van der Waals surface area contributed by atoms with Crippen LogP contribution in [-0.2, 0) is 31.6 Å². The number of nitrogens with one attached hydrogen (secondary N) is 1. The smallest absolute Gasteiger partial charge is 0.352 e. The van der Waals surface area contributed by atoms with Gasteiger partial charge in [-0.15, -0.1) is 0 Å². The molecule has 2 amide bonds. The Hall–Kier alpha value is -2.00. The van der Waals surface area contributed by atoms with Gasteiger partial charge in [-0.05, 0) is 17.6 Å². The molecule has 2 N–H and O–H groups in total. The molecule has 1 aromatic rings. The molecule has 0 aliphatic carbocycles. The Kier molecular flexibility index (Phi) is 5.57. The normalized spacial score (nSPS) is 24.7. The number of halogens is 1. The van der Waals surface area contributed by atoms with Crippen LogP contribution in [0.2, 0.25) is 0 Å². The first-order chi connectivity index (χ1) is 12.4. The van der Waals surface area contributed by atoms with E-state index in [0.29, 0.717) is 12.0 Å². The molecule has 138 valence electrons. The molecular weight excluding hydrogens is 424 g/mol. The van der Waals surface area contributed by atoms with Crippen LogP contribution >= 0.6 is 15.9 Å². The second-order valence-electron chi connectivity index (χ2n) is 6.05. The zero-order valence-corrected chi connectivity index (χ0v) is 16.1. The first-order valence-corrected chi connectivity index (χ1v) is 10.5. The summed E-state index contributed by atoms with van der Waals surface area (Å²) in [5.41, 5.74) is 1.28. The molecule has 0 saturated carbocycles. The molecule has 0 bridgehead atoms. The number of fused-ring (bicyclic) bond motifs is 1. The summed E-state index contributed by atoms with van der Waals surface area (Å²) < 4.78 is 12.4. The van der Waals surface area contributed by atoms with Crippen LogP contribution in [0.5, 0.6) is 0 Å². The fourth-order valence-electron chi connectivity index (χ4n) is 3.10. The number of alkyl halides is 1. The number of carboxylic acid groups (broad SMARTS) is 1. The highest BCUT2D eigenvalue weighted by atomic mass is 79.9. The number of hydrogen-bond donors (Lipinski definition) is 2. The Morgan fingerprint density at radius 1 is 1.31 bits per heavy atom. The first-order valence-electron chi connectivity index (χ1n) is 7.99. The van der Waals surface area contributed by atoms with E-state index in [4.69, 9.17) is 0 Å². The van der Waals surface area contributed by atoms with Gasteiger partial charge < -0.3 is 10.4 Å². The average molecular weight is 441 g/mol. The molecule has 1 fully saturated rings.